The Balaban J connectivity index is 0.000000198. The monoisotopic (exact) mass is 804 g/mol. The molecule has 6 amide bonds. The van der Waals surface area contributed by atoms with Crippen LogP contribution in [0.25, 0.3) is 33.4 Å². The quantitative estimate of drug-likeness (QED) is 0.101. The molecule has 12 heteroatoms. The highest BCUT2D eigenvalue weighted by Gasteiger charge is 2.12. The van der Waals surface area contributed by atoms with Crippen molar-refractivity contribution in [2.45, 2.75) is 0 Å². The Bertz CT molecular complexity index is 2370. The molecule has 0 atom stereocenters. The minimum Gasteiger partial charge on any atom is -0.355 e. The molecule has 6 aromatic carbocycles. The van der Waals surface area contributed by atoms with E-state index in [4.69, 9.17) is 0 Å². The van der Waals surface area contributed by atoms with E-state index in [0.717, 1.165) is 33.4 Å². The summed E-state index contributed by atoms with van der Waals surface area (Å²) in [5, 5.41) is 15.6. The molecule has 0 aromatic heterocycles. The Hall–Kier alpha value is -7.86. The van der Waals surface area contributed by atoms with Gasteiger partial charge in [0.1, 0.15) is 0 Å². The van der Waals surface area contributed by atoms with E-state index in [-0.39, 0.29) is 35.4 Å². The third-order valence-corrected chi connectivity index (χ3v) is 9.22. The molecular formula is C48H48N6O6. The van der Waals surface area contributed by atoms with Crippen LogP contribution in [0.1, 0.15) is 62.1 Å². The van der Waals surface area contributed by atoms with Crippen molar-refractivity contribution in [2.24, 2.45) is 0 Å². The molecule has 0 fully saturated rings. The smallest absolute Gasteiger partial charge is 0.251 e. The fraction of sp³-hybridized carbons (Fsp3) is 0.125. The van der Waals surface area contributed by atoms with E-state index in [1.165, 1.54) is 0 Å². The minimum absolute atomic E-state index is 0.105. The molecule has 306 valence electrons. The van der Waals surface area contributed by atoms with Gasteiger partial charge in [0.2, 0.25) is 0 Å². The van der Waals surface area contributed by atoms with Crippen LogP contribution in [0.5, 0.6) is 0 Å². The first-order valence-electron chi connectivity index (χ1n) is 18.9. The largest absolute Gasteiger partial charge is 0.355 e. The maximum atomic E-state index is 11.9. The summed E-state index contributed by atoms with van der Waals surface area (Å²) in [4.78, 5) is 69.4. The zero-order chi connectivity index (χ0) is 43.6. The first-order chi connectivity index (χ1) is 29.0. The van der Waals surface area contributed by atoms with Crippen molar-refractivity contribution in [3.8, 4) is 33.4 Å². The molecule has 60 heavy (non-hydrogen) atoms. The lowest BCUT2D eigenvalue weighted by Gasteiger charge is -2.09. The molecule has 12 nitrogen and oxygen atoms in total. The summed E-state index contributed by atoms with van der Waals surface area (Å²) >= 11 is 0. The van der Waals surface area contributed by atoms with Gasteiger partial charge in [0.25, 0.3) is 35.4 Å². The van der Waals surface area contributed by atoms with Gasteiger partial charge in [-0.3, -0.25) is 28.8 Å². The van der Waals surface area contributed by atoms with Crippen LogP contribution in [0.3, 0.4) is 0 Å². The zero-order valence-electron chi connectivity index (χ0n) is 34.3. The van der Waals surface area contributed by atoms with Gasteiger partial charge in [0.05, 0.1) is 0 Å². The van der Waals surface area contributed by atoms with Crippen LogP contribution in [0, 0.1) is 0 Å². The molecule has 6 aromatic rings. The highest BCUT2D eigenvalue weighted by molar-refractivity contribution is 6.01. The summed E-state index contributed by atoms with van der Waals surface area (Å²) in [5.41, 5.74) is 9.32. The van der Waals surface area contributed by atoms with Crippen LogP contribution in [-0.4, -0.2) is 77.7 Å². The van der Waals surface area contributed by atoms with Gasteiger partial charge in [0.15, 0.2) is 0 Å². The van der Waals surface area contributed by atoms with Gasteiger partial charge < -0.3 is 31.9 Å². The lowest BCUT2D eigenvalue weighted by atomic mass is 9.98. The fourth-order valence-electron chi connectivity index (χ4n) is 5.87. The Morgan fingerprint density at radius 1 is 0.283 bits per heavy atom. The summed E-state index contributed by atoms with van der Waals surface area (Å²) in [6, 6.07) is 43.8. The van der Waals surface area contributed by atoms with E-state index in [1.54, 1.807) is 103 Å². The van der Waals surface area contributed by atoms with Crippen molar-refractivity contribution in [1.29, 1.82) is 0 Å². The number of amides is 6. The van der Waals surface area contributed by atoms with Crippen LogP contribution in [0.2, 0.25) is 0 Å². The van der Waals surface area contributed by atoms with Crippen LogP contribution >= 0.6 is 0 Å². The van der Waals surface area contributed by atoms with Gasteiger partial charge in [-0.25, -0.2) is 0 Å². The Morgan fingerprint density at radius 3 is 0.967 bits per heavy atom. The van der Waals surface area contributed by atoms with Crippen molar-refractivity contribution in [3.05, 3.63) is 179 Å². The van der Waals surface area contributed by atoms with Gasteiger partial charge in [-0.15, -0.1) is 0 Å². The second kappa shape index (κ2) is 22.2. The minimum atomic E-state index is -0.129. The van der Waals surface area contributed by atoms with Gasteiger partial charge in [-0.05, 0) is 100 Å². The van der Waals surface area contributed by atoms with Crippen molar-refractivity contribution < 1.29 is 28.8 Å². The summed E-state index contributed by atoms with van der Waals surface area (Å²) in [7, 11) is 9.61. The van der Waals surface area contributed by atoms with Crippen LogP contribution < -0.4 is 31.9 Å². The number of hydrogen-bond acceptors (Lipinski definition) is 6. The fourth-order valence-corrected chi connectivity index (χ4v) is 5.87. The SMILES string of the molecule is CNC(=O)c1ccc(-c2ccc(C(=O)NC)cc2)cc1.CNC(=O)c1ccc(-c2cccc(C(=O)NC)c2)cc1.CNC(=O)c1ccc(-c2ccccc2C(=O)NC)cc1. The maximum absolute atomic E-state index is 11.9. The maximum Gasteiger partial charge on any atom is 0.251 e. The molecule has 0 saturated heterocycles. The molecule has 0 aliphatic rings. The van der Waals surface area contributed by atoms with Crippen molar-refractivity contribution >= 4 is 35.4 Å². The average Bonchev–Trinajstić information content (AvgIpc) is 3.33. The molecule has 0 aliphatic heterocycles. The number of benzene rings is 6. The Kier molecular flexibility index (Phi) is 16.6. The number of rotatable bonds is 9. The molecule has 6 N–H and O–H groups in total. The molecule has 6 rings (SSSR count). The van der Waals surface area contributed by atoms with Gasteiger partial charge >= 0.3 is 0 Å². The average molecular weight is 805 g/mol. The molecule has 0 bridgehead atoms. The topological polar surface area (TPSA) is 175 Å². The van der Waals surface area contributed by atoms with E-state index in [9.17, 15) is 28.8 Å². The van der Waals surface area contributed by atoms with E-state index in [0.29, 0.717) is 33.4 Å². The predicted octanol–water partition coefficient (Wildman–Crippen LogP) is 6.22. The van der Waals surface area contributed by atoms with Crippen LogP contribution in [-0.2, 0) is 0 Å². The number of nitrogens with one attached hydrogen (secondary N) is 6. The first kappa shape index (κ1) is 44.8. The highest BCUT2D eigenvalue weighted by atomic mass is 16.2. The molecule has 0 radical (unpaired) electrons. The molecule has 0 aliphatic carbocycles. The molecular weight excluding hydrogens is 757 g/mol. The zero-order valence-corrected chi connectivity index (χ0v) is 34.3. The van der Waals surface area contributed by atoms with Gasteiger partial charge in [0, 0.05) is 75.7 Å². The number of carbonyl (C=O) groups excluding carboxylic acids is 6. The second-order valence-corrected chi connectivity index (χ2v) is 12.9. The summed E-state index contributed by atoms with van der Waals surface area (Å²) in [6.45, 7) is 0. The molecule has 0 heterocycles. The van der Waals surface area contributed by atoms with Crippen molar-refractivity contribution in [3.63, 3.8) is 0 Å². The van der Waals surface area contributed by atoms with Crippen molar-refractivity contribution in [2.75, 3.05) is 42.3 Å². The normalized spacial score (nSPS) is 9.90. The molecule has 0 saturated carbocycles. The number of hydrogen-bond donors (Lipinski definition) is 6. The van der Waals surface area contributed by atoms with Crippen LogP contribution in [0.15, 0.2) is 146 Å². The Morgan fingerprint density at radius 2 is 0.600 bits per heavy atom. The summed E-state index contributed by atoms with van der Waals surface area (Å²) in [6.07, 6.45) is 0. The van der Waals surface area contributed by atoms with E-state index >= 15 is 0 Å². The van der Waals surface area contributed by atoms with E-state index in [1.807, 2.05) is 84.9 Å². The lowest BCUT2D eigenvalue weighted by Crippen LogP contribution is -2.18. The molecule has 0 spiro atoms. The number of carbonyl (C=O) groups is 6. The van der Waals surface area contributed by atoms with E-state index < -0.39 is 0 Å². The summed E-state index contributed by atoms with van der Waals surface area (Å²) < 4.78 is 0. The summed E-state index contributed by atoms with van der Waals surface area (Å²) in [5.74, 6) is -0.699. The lowest BCUT2D eigenvalue weighted by molar-refractivity contribution is 0.0955. The third-order valence-electron chi connectivity index (χ3n) is 9.22. The first-order valence-corrected chi connectivity index (χ1v) is 18.9. The van der Waals surface area contributed by atoms with Crippen molar-refractivity contribution in [1.82, 2.24) is 31.9 Å². The Labute approximate surface area is 349 Å². The standard InChI is InChI=1S/3C16H16N2O2/c1-17-15(19)13-7-3-11(4-8-13)12-5-9-14(10-6-12)16(20)18-2;1-17-15(19)12-8-6-11(7-9-12)13-4-3-5-14(10-13)16(20)18-2;1-17-15(19)12-9-7-11(8-10-12)13-5-3-4-6-14(13)16(20)18-2/h3*3-10H,1-2H3,(H,17,19)(H,18,20). The van der Waals surface area contributed by atoms with Gasteiger partial charge in [-0.2, -0.15) is 0 Å². The third kappa shape index (κ3) is 11.8. The molecule has 0 unspecified atom stereocenters. The highest BCUT2D eigenvalue weighted by Crippen LogP contribution is 2.25. The predicted molar refractivity (Wildman–Crippen MR) is 236 cm³/mol. The van der Waals surface area contributed by atoms with Crippen LogP contribution in [0.4, 0.5) is 0 Å². The van der Waals surface area contributed by atoms with E-state index in [2.05, 4.69) is 31.9 Å². The second-order valence-electron chi connectivity index (χ2n) is 12.9. The van der Waals surface area contributed by atoms with Gasteiger partial charge in [-0.1, -0.05) is 78.9 Å².